The van der Waals surface area contributed by atoms with E-state index in [1.807, 2.05) is 20.8 Å². The van der Waals surface area contributed by atoms with Crippen LogP contribution in [-0.2, 0) is 11.2 Å². The van der Waals surface area contributed by atoms with Crippen LogP contribution in [0.1, 0.15) is 40.4 Å². The fourth-order valence-electron chi connectivity index (χ4n) is 1.54. The van der Waals surface area contributed by atoms with Gasteiger partial charge < -0.3 is 15.0 Å². The van der Waals surface area contributed by atoms with E-state index in [-0.39, 0.29) is 11.5 Å². The van der Waals surface area contributed by atoms with Crippen molar-refractivity contribution in [2.75, 3.05) is 6.54 Å². The molecule has 0 atom stereocenters. The van der Waals surface area contributed by atoms with E-state index < -0.39 is 5.60 Å². The second-order valence-corrected chi connectivity index (χ2v) is 6.23. The molecule has 18 heavy (non-hydrogen) atoms. The quantitative estimate of drug-likeness (QED) is 0.866. The number of carbonyl (C=O) groups excluding carboxylic acids is 1. The van der Waals surface area contributed by atoms with Crippen LogP contribution in [0.2, 0.25) is 0 Å². The molecule has 5 heteroatoms. The first-order valence-corrected chi connectivity index (χ1v) is 6.13. The van der Waals surface area contributed by atoms with E-state index in [1.54, 1.807) is 12.4 Å². The van der Waals surface area contributed by atoms with Crippen molar-refractivity contribution >= 4 is 6.09 Å². The molecule has 1 aromatic heterocycles. The first kappa shape index (κ1) is 14.5. The summed E-state index contributed by atoms with van der Waals surface area (Å²) in [5, 5.41) is 2.79. The van der Waals surface area contributed by atoms with Crippen LogP contribution in [0.5, 0.6) is 0 Å². The highest BCUT2D eigenvalue weighted by molar-refractivity contribution is 5.67. The maximum Gasteiger partial charge on any atom is 0.407 e. The zero-order chi connectivity index (χ0) is 13.8. The Hall–Kier alpha value is -1.52. The summed E-state index contributed by atoms with van der Waals surface area (Å²) >= 11 is 0. The Balaban J connectivity index is 2.39. The fourth-order valence-corrected chi connectivity index (χ4v) is 1.54. The van der Waals surface area contributed by atoms with E-state index in [0.717, 1.165) is 12.2 Å². The van der Waals surface area contributed by atoms with Crippen molar-refractivity contribution < 1.29 is 9.53 Å². The Labute approximate surface area is 108 Å². The monoisotopic (exact) mass is 253 g/mol. The molecular weight excluding hydrogens is 230 g/mol. The molecule has 0 aliphatic heterocycles. The number of nitrogens with one attached hydrogen (secondary N) is 2. The minimum atomic E-state index is -0.463. The Bertz CT molecular complexity index is 377. The average molecular weight is 253 g/mol. The number of imidazole rings is 1. The van der Waals surface area contributed by atoms with Crippen molar-refractivity contribution in [3.8, 4) is 0 Å². The predicted octanol–water partition coefficient (Wildman–Crippen LogP) is 2.50. The van der Waals surface area contributed by atoms with E-state index in [2.05, 4.69) is 29.1 Å². The minimum Gasteiger partial charge on any atom is -0.444 e. The lowest BCUT2D eigenvalue weighted by atomic mass is 9.89. The predicted molar refractivity (Wildman–Crippen MR) is 70.3 cm³/mol. The molecule has 1 aromatic rings. The topological polar surface area (TPSA) is 67.0 Å². The number of amides is 1. The molecule has 102 valence electrons. The van der Waals surface area contributed by atoms with Gasteiger partial charge in [0.25, 0.3) is 0 Å². The third-order valence-electron chi connectivity index (χ3n) is 2.31. The van der Waals surface area contributed by atoms with Gasteiger partial charge in [0.1, 0.15) is 11.4 Å². The highest BCUT2D eigenvalue weighted by atomic mass is 16.6. The summed E-state index contributed by atoms with van der Waals surface area (Å²) in [7, 11) is 0. The van der Waals surface area contributed by atoms with Crippen molar-refractivity contribution in [3.63, 3.8) is 0 Å². The molecule has 1 rings (SSSR count). The highest BCUT2D eigenvalue weighted by Gasteiger charge is 2.22. The number of nitrogens with zero attached hydrogens (tertiary/aromatic N) is 1. The standard InChI is InChI=1S/C13H23N3O2/c1-12(2,3)18-11(17)16-9-13(4,5)8-10-14-6-7-15-10/h6-7H,8-9H2,1-5H3,(H,14,15)(H,16,17). The van der Waals surface area contributed by atoms with Gasteiger partial charge in [-0.2, -0.15) is 0 Å². The molecule has 1 heterocycles. The SMILES string of the molecule is CC(C)(CNC(=O)OC(C)(C)C)Cc1ncc[nH]1. The van der Waals surface area contributed by atoms with Gasteiger partial charge in [0.05, 0.1) is 0 Å². The minimum absolute atomic E-state index is 0.0746. The summed E-state index contributed by atoms with van der Waals surface area (Å²) in [6.45, 7) is 10.2. The molecule has 1 amide bonds. The van der Waals surface area contributed by atoms with E-state index in [9.17, 15) is 4.79 Å². The van der Waals surface area contributed by atoms with Crippen molar-refractivity contribution in [1.29, 1.82) is 0 Å². The number of aromatic nitrogens is 2. The summed E-state index contributed by atoms with van der Waals surface area (Å²) in [6, 6.07) is 0. The number of ether oxygens (including phenoxy) is 1. The van der Waals surface area contributed by atoms with Crippen molar-refractivity contribution in [2.45, 2.75) is 46.6 Å². The Morgan fingerprint density at radius 2 is 2.06 bits per heavy atom. The molecule has 0 bridgehead atoms. The number of alkyl carbamates (subject to hydrolysis) is 1. The van der Waals surface area contributed by atoms with Gasteiger partial charge in [0.2, 0.25) is 0 Å². The molecule has 0 aromatic carbocycles. The molecule has 5 nitrogen and oxygen atoms in total. The van der Waals surface area contributed by atoms with Gasteiger partial charge in [-0.25, -0.2) is 9.78 Å². The van der Waals surface area contributed by atoms with Crippen LogP contribution in [-0.4, -0.2) is 28.2 Å². The van der Waals surface area contributed by atoms with Crippen LogP contribution in [0.3, 0.4) is 0 Å². The van der Waals surface area contributed by atoms with E-state index >= 15 is 0 Å². The Kier molecular flexibility index (Phi) is 4.38. The Morgan fingerprint density at radius 1 is 1.39 bits per heavy atom. The summed E-state index contributed by atoms with van der Waals surface area (Å²) in [5.41, 5.74) is -0.538. The van der Waals surface area contributed by atoms with Gasteiger partial charge in [-0.15, -0.1) is 0 Å². The zero-order valence-corrected chi connectivity index (χ0v) is 11.8. The first-order valence-electron chi connectivity index (χ1n) is 6.13. The number of carbonyl (C=O) groups is 1. The van der Waals surface area contributed by atoms with E-state index in [1.165, 1.54) is 0 Å². The van der Waals surface area contributed by atoms with Crippen LogP contribution in [0.4, 0.5) is 4.79 Å². The van der Waals surface area contributed by atoms with Gasteiger partial charge in [-0.1, -0.05) is 13.8 Å². The van der Waals surface area contributed by atoms with Gasteiger partial charge in [0, 0.05) is 25.4 Å². The number of hydrogen-bond acceptors (Lipinski definition) is 3. The lowest BCUT2D eigenvalue weighted by Gasteiger charge is -2.25. The third kappa shape index (κ3) is 5.70. The summed E-state index contributed by atoms with van der Waals surface area (Å²) in [4.78, 5) is 18.8. The third-order valence-corrected chi connectivity index (χ3v) is 2.31. The van der Waals surface area contributed by atoms with Crippen molar-refractivity contribution in [2.24, 2.45) is 5.41 Å². The maximum absolute atomic E-state index is 11.6. The van der Waals surface area contributed by atoms with Gasteiger partial charge >= 0.3 is 6.09 Å². The largest absolute Gasteiger partial charge is 0.444 e. The summed E-state index contributed by atoms with van der Waals surface area (Å²) < 4.78 is 5.19. The molecule has 0 unspecified atom stereocenters. The van der Waals surface area contributed by atoms with Crippen LogP contribution in [0.15, 0.2) is 12.4 Å². The molecule has 2 N–H and O–H groups in total. The average Bonchev–Trinajstić information content (AvgIpc) is 2.64. The summed E-state index contributed by atoms with van der Waals surface area (Å²) in [5.74, 6) is 0.922. The molecule has 0 fully saturated rings. The first-order chi connectivity index (χ1) is 8.18. The Morgan fingerprint density at radius 3 is 2.56 bits per heavy atom. The van der Waals surface area contributed by atoms with Gasteiger partial charge in [0.15, 0.2) is 0 Å². The van der Waals surface area contributed by atoms with E-state index in [0.29, 0.717) is 6.54 Å². The van der Waals surface area contributed by atoms with Crippen LogP contribution < -0.4 is 5.32 Å². The van der Waals surface area contributed by atoms with Crippen LogP contribution >= 0.6 is 0 Å². The number of aromatic amines is 1. The molecular formula is C13H23N3O2. The smallest absolute Gasteiger partial charge is 0.407 e. The molecule has 0 spiro atoms. The second-order valence-electron chi connectivity index (χ2n) is 6.23. The molecule has 0 saturated heterocycles. The second kappa shape index (κ2) is 5.42. The normalized spacial score (nSPS) is 12.3. The van der Waals surface area contributed by atoms with E-state index in [4.69, 9.17) is 4.74 Å². The van der Waals surface area contributed by atoms with Crippen molar-refractivity contribution in [3.05, 3.63) is 18.2 Å². The van der Waals surface area contributed by atoms with Crippen molar-refractivity contribution in [1.82, 2.24) is 15.3 Å². The fraction of sp³-hybridized carbons (Fsp3) is 0.692. The van der Waals surface area contributed by atoms with Crippen LogP contribution in [0, 0.1) is 5.41 Å². The molecule has 0 aliphatic carbocycles. The van der Waals surface area contributed by atoms with Gasteiger partial charge in [-0.3, -0.25) is 0 Å². The number of hydrogen-bond donors (Lipinski definition) is 2. The lowest BCUT2D eigenvalue weighted by molar-refractivity contribution is 0.0506. The van der Waals surface area contributed by atoms with Gasteiger partial charge in [-0.05, 0) is 26.2 Å². The highest BCUT2D eigenvalue weighted by Crippen LogP contribution is 2.19. The molecule has 0 saturated carbocycles. The lowest BCUT2D eigenvalue weighted by Crippen LogP contribution is -2.38. The number of H-pyrrole nitrogens is 1. The zero-order valence-electron chi connectivity index (χ0n) is 11.8. The molecule has 0 aliphatic rings. The van der Waals surface area contributed by atoms with Crippen LogP contribution in [0.25, 0.3) is 0 Å². The maximum atomic E-state index is 11.6. The summed E-state index contributed by atoms with van der Waals surface area (Å²) in [6.07, 6.45) is 3.92. The molecule has 0 radical (unpaired) electrons. The number of rotatable bonds is 4.